The van der Waals surface area contributed by atoms with Crippen molar-refractivity contribution in [3.63, 3.8) is 0 Å². The summed E-state index contributed by atoms with van der Waals surface area (Å²) in [5.74, 6) is -2.72. The fourth-order valence-corrected chi connectivity index (χ4v) is 2.78. The number of hydrogen-bond donors (Lipinski definition) is 1. The van der Waals surface area contributed by atoms with Crippen molar-refractivity contribution in [1.29, 1.82) is 0 Å². The average Bonchev–Trinajstić information content (AvgIpc) is 2.55. The molecule has 0 aliphatic heterocycles. The third-order valence-corrected chi connectivity index (χ3v) is 4.26. The number of amides is 1. The largest absolute Gasteiger partial charge is 1.00 e. The molecule has 0 atom stereocenters. The quantitative estimate of drug-likeness (QED) is 0.270. The maximum Gasteiger partial charge on any atom is 1.00 e. The number of carboxylic acids is 2. The van der Waals surface area contributed by atoms with E-state index in [4.69, 9.17) is 5.11 Å². The molecule has 0 spiro atoms. The van der Waals surface area contributed by atoms with Gasteiger partial charge in [-0.3, -0.25) is 9.59 Å². The number of unbranched alkanes of at least 4 members (excludes halogenated alkanes) is 10. The summed E-state index contributed by atoms with van der Waals surface area (Å²) in [6.45, 7) is 1.60. The average molecular weight is 396 g/mol. The van der Waals surface area contributed by atoms with E-state index in [1.165, 1.54) is 51.4 Å². The molecule has 1 amide bonds. The molecule has 0 aliphatic carbocycles. The predicted molar refractivity (Wildman–Crippen MR) is 94.9 cm³/mol. The topological polar surface area (TPSA) is 97.7 Å². The molecule has 0 radical (unpaired) electrons. The normalized spacial score (nSPS) is 10.2. The van der Waals surface area contributed by atoms with Crippen molar-refractivity contribution in [2.24, 2.45) is 0 Å². The molecule has 0 rings (SSSR count). The zero-order valence-electron chi connectivity index (χ0n) is 16.6. The number of nitrogens with zero attached hydrogens (tertiary/aromatic N) is 1. The molecular formula is C19H34KNO5. The number of aliphatic carboxylic acids is 2. The van der Waals surface area contributed by atoms with Crippen LogP contribution in [0.25, 0.3) is 0 Å². The third kappa shape index (κ3) is 18.8. The fraction of sp³-hybridized carbons (Fsp3) is 0.842. The second-order valence-corrected chi connectivity index (χ2v) is 6.62. The Morgan fingerprint density at radius 1 is 0.808 bits per heavy atom. The number of carbonyl (C=O) groups is 3. The van der Waals surface area contributed by atoms with E-state index in [0.717, 1.165) is 17.7 Å². The fourth-order valence-electron chi connectivity index (χ4n) is 2.78. The molecule has 0 fully saturated rings. The van der Waals surface area contributed by atoms with E-state index in [-0.39, 0.29) is 76.7 Å². The van der Waals surface area contributed by atoms with Crippen LogP contribution < -0.4 is 56.5 Å². The van der Waals surface area contributed by atoms with Crippen LogP contribution in [0.4, 0.5) is 0 Å². The van der Waals surface area contributed by atoms with Crippen molar-refractivity contribution in [2.75, 3.05) is 13.1 Å². The standard InChI is InChI=1S/C19H35NO5.K/c1-2-3-4-5-6-7-8-9-10-11-12-13-17(21)20(16-19(24)25)15-14-18(22)23;/h2-16H2,1H3,(H,22,23)(H,24,25);/q;+1/p-1. The summed E-state index contributed by atoms with van der Waals surface area (Å²) in [6, 6.07) is 0. The SMILES string of the molecule is CCCCCCCCCCCCCC(=O)N(CCC(=O)O)CC(=O)[O-].[K+]. The van der Waals surface area contributed by atoms with Gasteiger partial charge in [0.25, 0.3) is 0 Å². The van der Waals surface area contributed by atoms with Gasteiger partial charge in [0, 0.05) is 13.0 Å². The van der Waals surface area contributed by atoms with Crippen LogP contribution in [0.5, 0.6) is 0 Å². The molecular weight excluding hydrogens is 361 g/mol. The van der Waals surface area contributed by atoms with E-state index in [1.54, 1.807) is 0 Å². The van der Waals surface area contributed by atoms with Gasteiger partial charge in [0.1, 0.15) is 0 Å². The molecule has 6 nitrogen and oxygen atoms in total. The molecule has 0 aliphatic rings. The van der Waals surface area contributed by atoms with Gasteiger partial charge in [0.15, 0.2) is 0 Å². The van der Waals surface area contributed by atoms with Crippen molar-refractivity contribution < 1.29 is 76.0 Å². The van der Waals surface area contributed by atoms with E-state index in [9.17, 15) is 19.5 Å². The van der Waals surface area contributed by atoms with Crippen molar-refractivity contribution in [3.05, 3.63) is 0 Å². The Bertz CT molecular complexity index is 390. The first-order valence-electron chi connectivity index (χ1n) is 9.66. The Morgan fingerprint density at radius 2 is 1.27 bits per heavy atom. The molecule has 0 saturated heterocycles. The minimum atomic E-state index is -1.36. The van der Waals surface area contributed by atoms with E-state index in [1.807, 2.05) is 0 Å². The maximum absolute atomic E-state index is 12.0. The molecule has 0 unspecified atom stereocenters. The Hall–Kier alpha value is 0.0464. The van der Waals surface area contributed by atoms with Crippen LogP contribution in [0.15, 0.2) is 0 Å². The number of carboxylic acid groups (broad SMARTS) is 2. The van der Waals surface area contributed by atoms with Crippen molar-refractivity contribution >= 4 is 17.8 Å². The van der Waals surface area contributed by atoms with Gasteiger partial charge in [-0.1, -0.05) is 71.1 Å². The van der Waals surface area contributed by atoms with Gasteiger partial charge in [0.2, 0.25) is 5.91 Å². The summed E-state index contributed by atoms with van der Waals surface area (Å²) in [7, 11) is 0. The third-order valence-electron chi connectivity index (χ3n) is 4.26. The van der Waals surface area contributed by atoms with Crippen molar-refractivity contribution in [2.45, 2.75) is 90.4 Å². The van der Waals surface area contributed by atoms with Gasteiger partial charge in [-0.15, -0.1) is 0 Å². The van der Waals surface area contributed by atoms with E-state index < -0.39 is 18.5 Å². The second kappa shape index (κ2) is 19.8. The minimum absolute atomic E-state index is 0. The van der Waals surface area contributed by atoms with Gasteiger partial charge >= 0.3 is 57.4 Å². The molecule has 0 bridgehead atoms. The monoisotopic (exact) mass is 395 g/mol. The summed E-state index contributed by atoms with van der Waals surface area (Å²) in [5, 5.41) is 19.3. The van der Waals surface area contributed by atoms with Crippen LogP contribution in [0, 0.1) is 0 Å². The van der Waals surface area contributed by atoms with E-state index in [0.29, 0.717) is 6.42 Å². The summed E-state index contributed by atoms with van der Waals surface area (Å²) < 4.78 is 0. The molecule has 0 aromatic carbocycles. The number of rotatable bonds is 17. The first-order chi connectivity index (χ1) is 12.0. The Morgan fingerprint density at radius 3 is 1.69 bits per heavy atom. The Labute approximate surface area is 200 Å². The van der Waals surface area contributed by atoms with Gasteiger partial charge in [-0.25, -0.2) is 0 Å². The van der Waals surface area contributed by atoms with Crippen molar-refractivity contribution in [1.82, 2.24) is 4.90 Å². The molecule has 0 aromatic rings. The summed E-state index contributed by atoms with van der Waals surface area (Å²) in [4.78, 5) is 34.3. The number of carbonyl (C=O) groups excluding carboxylic acids is 2. The molecule has 1 N–H and O–H groups in total. The van der Waals surface area contributed by atoms with E-state index >= 15 is 0 Å². The van der Waals surface area contributed by atoms with Crippen LogP contribution in [-0.2, 0) is 14.4 Å². The summed E-state index contributed by atoms with van der Waals surface area (Å²) in [6.07, 6.45) is 13.0. The van der Waals surface area contributed by atoms with Crippen molar-refractivity contribution in [3.8, 4) is 0 Å². The van der Waals surface area contributed by atoms with Crippen LogP contribution in [0.2, 0.25) is 0 Å². The van der Waals surface area contributed by atoms with Crippen LogP contribution in [0.3, 0.4) is 0 Å². The molecule has 0 aromatic heterocycles. The van der Waals surface area contributed by atoms with Crippen LogP contribution in [0.1, 0.15) is 90.4 Å². The van der Waals surface area contributed by atoms with Crippen LogP contribution in [-0.4, -0.2) is 40.9 Å². The maximum atomic E-state index is 12.0. The van der Waals surface area contributed by atoms with Gasteiger partial charge < -0.3 is 19.9 Å². The molecule has 146 valence electrons. The van der Waals surface area contributed by atoms with Gasteiger partial charge in [-0.05, 0) is 6.42 Å². The Kier molecular flexibility index (Phi) is 21.5. The first-order valence-corrected chi connectivity index (χ1v) is 9.66. The number of hydrogen-bond acceptors (Lipinski definition) is 4. The second-order valence-electron chi connectivity index (χ2n) is 6.62. The van der Waals surface area contributed by atoms with Crippen LogP contribution >= 0.6 is 0 Å². The predicted octanol–water partition coefficient (Wildman–Crippen LogP) is -0.255. The summed E-state index contributed by atoms with van der Waals surface area (Å²) >= 11 is 0. The molecule has 7 heteroatoms. The molecule has 0 heterocycles. The zero-order chi connectivity index (χ0) is 18.9. The zero-order valence-corrected chi connectivity index (χ0v) is 19.8. The smallest absolute Gasteiger partial charge is 0.548 e. The van der Waals surface area contributed by atoms with Gasteiger partial charge in [0.05, 0.1) is 18.9 Å². The van der Waals surface area contributed by atoms with E-state index in [2.05, 4.69) is 6.92 Å². The van der Waals surface area contributed by atoms with Gasteiger partial charge in [-0.2, -0.15) is 0 Å². The molecule has 26 heavy (non-hydrogen) atoms. The molecule has 0 saturated carbocycles. The first kappa shape index (κ1) is 28.3. The Balaban J connectivity index is 0. The minimum Gasteiger partial charge on any atom is -0.548 e. The summed E-state index contributed by atoms with van der Waals surface area (Å²) in [5.41, 5.74) is 0.